The molecule has 3 N–H and O–H groups in total. The fraction of sp³-hybridized carbons (Fsp3) is 0.500. The van der Waals surface area contributed by atoms with Gasteiger partial charge in [0.2, 0.25) is 10.0 Å². The summed E-state index contributed by atoms with van der Waals surface area (Å²) in [7, 11) is -4.08. The van der Waals surface area contributed by atoms with Gasteiger partial charge in [0.05, 0.1) is 4.90 Å². The predicted molar refractivity (Wildman–Crippen MR) is 78.9 cm³/mol. The van der Waals surface area contributed by atoms with E-state index in [1.54, 1.807) is 0 Å². The lowest BCUT2D eigenvalue weighted by Crippen LogP contribution is -2.28. The number of hydrogen-bond donors (Lipinski definition) is 2. The molecule has 21 heavy (non-hydrogen) atoms. The van der Waals surface area contributed by atoms with Crippen molar-refractivity contribution in [1.29, 1.82) is 0 Å². The van der Waals surface area contributed by atoms with Gasteiger partial charge in [-0.2, -0.15) is 0 Å². The van der Waals surface area contributed by atoms with Crippen molar-refractivity contribution in [3.05, 3.63) is 29.1 Å². The number of primary sulfonamides is 1. The number of hydrogen-bond acceptors (Lipinski definition) is 3. The van der Waals surface area contributed by atoms with Gasteiger partial charge in [0.15, 0.2) is 0 Å². The van der Waals surface area contributed by atoms with Gasteiger partial charge in [0, 0.05) is 17.7 Å². The number of carbonyl (C=O) groups excluding carboxylic acids is 1. The quantitative estimate of drug-likeness (QED) is 0.889. The molecule has 0 atom stereocenters. The molecule has 1 amide bonds. The highest BCUT2D eigenvalue weighted by Gasteiger charge is 2.19. The Morgan fingerprint density at radius 3 is 2.38 bits per heavy atom. The summed E-state index contributed by atoms with van der Waals surface area (Å²) in [5.74, 6) is -1.30. The topological polar surface area (TPSA) is 89.3 Å². The SMILES string of the molecule is Cc1c(F)cc(C(=O)NCCC(C)(C)C)cc1S(N)(=O)=O. The van der Waals surface area contributed by atoms with E-state index in [-0.39, 0.29) is 21.4 Å². The molecule has 5 nitrogen and oxygen atoms in total. The number of sulfonamides is 1. The monoisotopic (exact) mass is 316 g/mol. The Balaban J connectivity index is 2.99. The Bertz CT molecular complexity index is 649. The fourth-order valence-electron chi connectivity index (χ4n) is 1.73. The van der Waals surface area contributed by atoms with Crippen LogP contribution in [0.15, 0.2) is 17.0 Å². The summed E-state index contributed by atoms with van der Waals surface area (Å²) >= 11 is 0. The van der Waals surface area contributed by atoms with Crippen molar-refractivity contribution in [2.45, 2.75) is 39.0 Å². The van der Waals surface area contributed by atoms with Crippen molar-refractivity contribution >= 4 is 15.9 Å². The highest BCUT2D eigenvalue weighted by molar-refractivity contribution is 7.89. The van der Waals surface area contributed by atoms with Crippen molar-refractivity contribution in [2.75, 3.05) is 6.54 Å². The van der Waals surface area contributed by atoms with Gasteiger partial charge < -0.3 is 5.32 Å². The molecule has 1 aromatic rings. The highest BCUT2D eigenvalue weighted by Crippen LogP contribution is 2.20. The van der Waals surface area contributed by atoms with Crippen LogP contribution >= 0.6 is 0 Å². The van der Waals surface area contributed by atoms with Gasteiger partial charge >= 0.3 is 0 Å². The van der Waals surface area contributed by atoms with E-state index in [1.165, 1.54) is 6.92 Å². The number of nitrogens with two attached hydrogens (primary N) is 1. The van der Waals surface area contributed by atoms with Crippen LogP contribution in [0, 0.1) is 18.2 Å². The van der Waals surface area contributed by atoms with Crippen molar-refractivity contribution in [3.8, 4) is 0 Å². The van der Waals surface area contributed by atoms with Gasteiger partial charge in [-0.1, -0.05) is 20.8 Å². The lowest BCUT2D eigenvalue weighted by molar-refractivity contribution is 0.0949. The van der Waals surface area contributed by atoms with Gasteiger partial charge in [0.25, 0.3) is 5.91 Å². The first-order valence-electron chi connectivity index (χ1n) is 6.53. The van der Waals surface area contributed by atoms with Crippen molar-refractivity contribution < 1.29 is 17.6 Å². The number of rotatable bonds is 4. The maximum Gasteiger partial charge on any atom is 0.251 e. The number of benzene rings is 1. The van der Waals surface area contributed by atoms with Crippen LogP contribution < -0.4 is 10.5 Å². The van der Waals surface area contributed by atoms with E-state index in [4.69, 9.17) is 5.14 Å². The number of nitrogens with one attached hydrogen (secondary N) is 1. The van der Waals surface area contributed by atoms with E-state index in [0.717, 1.165) is 18.6 Å². The van der Waals surface area contributed by atoms with Crippen LogP contribution in [-0.2, 0) is 10.0 Å². The maximum atomic E-state index is 13.7. The molecule has 118 valence electrons. The molecule has 1 aromatic carbocycles. The molecule has 0 saturated heterocycles. The van der Waals surface area contributed by atoms with Gasteiger partial charge in [0.1, 0.15) is 5.82 Å². The van der Waals surface area contributed by atoms with Crippen LogP contribution in [-0.4, -0.2) is 20.9 Å². The molecule has 0 aliphatic rings. The first-order valence-corrected chi connectivity index (χ1v) is 8.07. The molecule has 0 heterocycles. The third-order valence-corrected chi connectivity index (χ3v) is 4.06. The molecule has 0 spiro atoms. The van der Waals surface area contributed by atoms with Gasteiger partial charge in [-0.3, -0.25) is 4.79 Å². The van der Waals surface area contributed by atoms with Gasteiger partial charge in [-0.15, -0.1) is 0 Å². The number of amides is 1. The van der Waals surface area contributed by atoms with Crippen LogP contribution in [0.3, 0.4) is 0 Å². The lowest BCUT2D eigenvalue weighted by Gasteiger charge is -2.18. The summed E-state index contributed by atoms with van der Waals surface area (Å²) in [4.78, 5) is 11.6. The molecule has 0 aliphatic carbocycles. The summed E-state index contributed by atoms with van der Waals surface area (Å²) in [5.41, 5.74) is -0.0998. The average molecular weight is 316 g/mol. The fourth-order valence-corrected chi connectivity index (χ4v) is 2.55. The van der Waals surface area contributed by atoms with E-state index in [0.29, 0.717) is 6.54 Å². The minimum atomic E-state index is -4.08. The Morgan fingerprint density at radius 1 is 1.33 bits per heavy atom. The zero-order chi connectivity index (χ0) is 16.4. The van der Waals surface area contributed by atoms with E-state index in [2.05, 4.69) is 5.32 Å². The Hall–Kier alpha value is -1.47. The standard InChI is InChI=1S/C14H21FN2O3S/c1-9-11(15)7-10(8-12(9)21(16,19)20)13(18)17-6-5-14(2,3)4/h7-8H,5-6H2,1-4H3,(H,17,18)(H2,16,19,20). The summed E-state index contributed by atoms with van der Waals surface area (Å²) in [6.07, 6.45) is 0.745. The molecule has 0 aliphatic heterocycles. The van der Waals surface area contributed by atoms with Crippen molar-refractivity contribution in [2.24, 2.45) is 10.6 Å². The van der Waals surface area contributed by atoms with Gasteiger partial charge in [-0.05, 0) is 30.9 Å². The molecule has 0 fully saturated rings. The zero-order valence-corrected chi connectivity index (χ0v) is 13.5. The summed E-state index contributed by atoms with van der Waals surface area (Å²) in [6.45, 7) is 7.82. The molecule has 7 heteroatoms. The highest BCUT2D eigenvalue weighted by atomic mass is 32.2. The van der Waals surface area contributed by atoms with Gasteiger partial charge in [-0.25, -0.2) is 17.9 Å². The molecular formula is C14H21FN2O3S. The number of carbonyl (C=O) groups is 1. The molecule has 0 saturated carbocycles. The summed E-state index contributed by atoms with van der Waals surface area (Å²) in [6, 6.07) is 2.11. The van der Waals surface area contributed by atoms with E-state index in [1.807, 2.05) is 20.8 Å². The zero-order valence-electron chi connectivity index (χ0n) is 12.7. The first kappa shape index (κ1) is 17.6. The molecular weight excluding hydrogens is 295 g/mol. The second-order valence-corrected chi connectivity index (χ2v) is 7.72. The smallest absolute Gasteiger partial charge is 0.251 e. The van der Waals surface area contributed by atoms with E-state index >= 15 is 0 Å². The van der Waals surface area contributed by atoms with Crippen LogP contribution in [0.25, 0.3) is 0 Å². The third kappa shape index (κ3) is 5.09. The van der Waals surface area contributed by atoms with Crippen molar-refractivity contribution in [3.63, 3.8) is 0 Å². The van der Waals surface area contributed by atoms with Crippen LogP contribution in [0.4, 0.5) is 4.39 Å². The molecule has 0 aromatic heterocycles. The molecule has 0 radical (unpaired) electrons. The largest absolute Gasteiger partial charge is 0.352 e. The average Bonchev–Trinajstić information content (AvgIpc) is 2.29. The minimum Gasteiger partial charge on any atom is -0.352 e. The summed E-state index contributed by atoms with van der Waals surface area (Å²) < 4.78 is 36.6. The normalized spacial score (nSPS) is 12.3. The van der Waals surface area contributed by atoms with Crippen LogP contribution in [0.2, 0.25) is 0 Å². The second-order valence-electron chi connectivity index (χ2n) is 6.19. The van der Waals surface area contributed by atoms with Crippen LogP contribution in [0.1, 0.15) is 43.1 Å². The third-order valence-electron chi connectivity index (χ3n) is 3.03. The molecule has 1 rings (SSSR count). The van der Waals surface area contributed by atoms with Crippen LogP contribution in [0.5, 0.6) is 0 Å². The Morgan fingerprint density at radius 2 is 1.90 bits per heavy atom. The predicted octanol–water partition coefficient (Wildman–Crippen LogP) is 1.95. The Labute approximate surface area is 124 Å². The van der Waals surface area contributed by atoms with Crippen molar-refractivity contribution in [1.82, 2.24) is 5.32 Å². The number of halogens is 1. The van der Waals surface area contributed by atoms with E-state index < -0.39 is 21.7 Å². The lowest BCUT2D eigenvalue weighted by atomic mass is 9.92. The first-order chi connectivity index (χ1) is 9.42. The summed E-state index contributed by atoms with van der Waals surface area (Å²) in [5, 5.41) is 7.67. The molecule has 0 bridgehead atoms. The maximum absolute atomic E-state index is 13.7. The second kappa shape index (κ2) is 6.11. The van der Waals surface area contributed by atoms with E-state index in [9.17, 15) is 17.6 Å². The Kier molecular flexibility index (Phi) is 5.11. The minimum absolute atomic E-state index is 0.0531. The molecule has 0 unspecified atom stereocenters.